The van der Waals surface area contributed by atoms with E-state index in [1.807, 2.05) is 19.1 Å². The summed E-state index contributed by atoms with van der Waals surface area (Å²) in [6, 6.07) is 7.10. The molecular weight excluding hydrogens is 227 g/mol. The fourth-order valence-corrected chi connectivity index (χ4v) is 2.04. The highest BCUT2D eigenvalue weighted by molar-refractivity contribution is 5.82. The lowest BCUT2D eigenvalue weighted by Gasteiger charge is -2.23. The van der Waals surface area contributed by atoms with E-state index in [0.29, 0.717) is 5.52 Å². The van der Waals surface area contributed by atoms with Gasteiger partial charge < -0.3 is 5.32 Å². The molecule has 0 bridgehead atoms. The lowest BCUT2D eigenvalue weighted by atomic mass is 9.86. The van der Waals surface area contributed by atoms with E-state index in [2.05, 4.69) is 31.1 Å². The highest BCUT2D eigenvalue weighted by Gasteiger charge is 2.20. The molecule has 2 nitrogen and oxygen atoms in total. The van der Waals surface area contributed by atoms with E-state index < -0.39 is 0 Å². The van der Waals surface area contributed by atoms with Gasteiger partial charge in [0.1, 0.15) is 17.2 Å². The number of para-hydroxylation sites is 1. The summed E-state index contributed by atoms with van der Waals surface area (Å²) in [6.45, 7) is 9.19. The van der Waals surface area contributed by atoms with Crippen LogP contribution in [-0.2, 0) is 5.41 Å². The lowest BCUT2D eigenvalue weighted by Crippen LogP contribution is -2.16. The Balaban J connectivity index is 2.73. The molecule has 3 heteroatoms. The van der Waals surface area contributed by atoms with Gasteiger partial charge in [0.2, 0.25) is 0 Å². The maximum Gasteiger partial charge on any atom is 0.149 e. The molecule has 0 radical (unpaired) electrons. The van der Waals surface area contributed by atoms with Gasteiger partial charge in [-0.05, 0) is 24.5 Å². The number of hydrogen-bond donors (Lipinski definition) is 1. The fourth-order valence-electron chi connectivity index (χ4n) is 2.04. The zero-order valence-electron chi connectivity index (χ0n) is 11.3. The molecule has 0 spiro atoms. The Bertz CT molecular complexity index is 570. The molecule has 0 amide bonds. The fraction of sp³-hybridized carbons (Fsp3) is 0.400. The second-order valence-corrected chi connectivity index (χ2v) is 5.48. The third kappa shape index (κ3) is 2.30. The zero-order valence-corrected chi connectivity index (χ0v) is 11.3. The van der Waals surface area contributed by atoms with Gasteiger partial charge in [-0.3, -0.25) is 0 Å². The Morgan fingerprint density at radius 3 is 2.61 bits per heavy atom. The van der Waals surface area contributed by atoms with Crippen molar-refractivity contribution >= 4 is 16.7 Å². The zero-order chi connectivity index (χ0) is 13.3. The van der Waals surface area contributed by atoms with E-state index in [9.17, 15) is 4.39 Å². The molecule has 2 rings (SSSR count). The van der Waals surface area contributed by atoms with Crippen LogP contribution in [0.1, 0.15) is 33.3 Å². The molecule has 96 valence electrons. The van der Waals surface area contributed by atoms with Crippen LogP contribution in [0.2, 0.25) is 0 Å². The van der Waals surface area contributed by atoms with E-state index in [0.717, 1.165) is 23.3 Å². The number of fused-ring (bicyclic) bond motifs is 1. The first-order chi connectivity index (χ1) is 8.43. The summed E-state index contributed by atoms with van der Waals surface area (Å²) in [4.78, 5) is 4.44. The van der Waals surface area contributed by atoms with E-state index in [-0.39, 0.29) is 11.2 Å². The van der Waals surface area contributed by atoms with E-state index >= 15 is 0 Å². The number of anilines is 1. The van der Waals surface area contributed by atoms with Gasteiger partial charge in [0.15, 0.2) is 0 Å². The maximum absolute atomic E-state index is 13.7. The van der Waals surface area contributed by atoms with Crippen molar-refractivity contribution in [2.75, 3.05) is 11.9 Å². The SMILES string of the molecule is CCNc1nc2c(F)cccc2cc1C(C)(C)C. The Hall–Kier alpha value is -1.64. The first kappa shape index (κ1) is 12.8. The van der Waals surface area contributed by atoms with Gasteiger partial charge in [0.05, 0.1) is 0 Å². The van der Waals surface area contributed by atoms with E-state index in [1.165, 1.54) is 6.07 Å². The lowest BCUT2D eigenvalue weighted by molar-refractivity contribution is 0.589. The van der Waals surface area contributed by atoms with Crippen LogP contribution in [0.4, 0.5) is 10.2 Å². The molecule has 0 unspecified atom stereocenters. The van der Waals surface area contributed by atoms with Crippen LogP contribution >= 0.6 is 0 Å². The minimum Gasteiger partial charge on any atom is -0.370 e. The van der Waals surface area contributed by atoms with Gasteiger partial charge in [-0.1, -0.05) is 32.9 Å². The maximum atomic E-state index is 13.7. The highest BCUT2D eigenvalue weighted by atomic mass is 19.1. The molecule has 18 heavy (non-hydrogen) atoms. The van der Waals surface area contributed by atoms with Gasteiger partial charge in [-0.15, -0.1) is 0 Å². The number of pyridine rings is 1. The first-order valence-corrected chi connectivity index (χ1v) is 6.27. The summed E-state index contributed by atoms with van der Waals surface area (Å²) < 4.78 is 13.7. The number of aromatic nitrogens is 1. The summed E-state index contributed by atoms with van der Waals surface area (Å²) in [6.07, 6.45) is 0. The topological polar surface area (TPSA) is 24.9 Å². The number of halogens is 1. The summed E-state index contributed by atoms with van der Waals surface area (Å²) in [7, 11) is 0. The third-order valence-corrected chi connectivity index (χ3v) is 2.95. The summed E-state index contributed by atoms with van der Waals surface area (Å²) in [5, 5.41) is 4.07. The Labute approximate surface area is 107 Å². The average Bonchev–Trinajstić information content (AvgIpc) is 2.28. The second-order valence-electron chi connectivity index (χ2n) is 5.48. The van der Waals surface area contributed by atoms with Crippen molar-refractivity contribution < 1.29 is 4.39 Å². The molecule has 0 saturated carbocycles. The van der Waals surface area contributed by atoms with Crippen LogP contribution in [0.5, 0.6) is 0 Å². The molecule has 0 aliphatic heterocycles. The minimum atomic E-state index is -0.271. The quantitative estimate of drug-likeness (QED) is 0.862. The first-order valence-electron chi connectivity index (χ1n) is 6.27. The predicted octanol–water partition coefficient (Wildman–Crippen LogP) is 4.10. The number of nitrogens with zero attached hydrogens (tertiary/aromatic N) is 1. The number of nitrogens with one attached hydrogen (secondary N) is 1. The van der Waals surface area contributed by atoms with Crippen LogP contribution in [0, 0.1) is 5.82 Å². The molecule has 0 aliphatic carbocycles. The number of benzene rings is 1. The average molecular weight is 246 g/mol. The van der Waals surface area contributed by atoms with Crippen LogP contribution < -0.4 is 5.32 Å². The molecule has 0 saturated heterocycles. The Morgan fingerprint density at radius 1 is 1.28 bits per heavy atom. The normalized spacial score (nSPS) is 11.8. The summed E-state index contributed by atoms with van der Waals surface area (Å²) >= 11 is 0. The van der Waals surface area contributed by atoms with Gasteiger partial charge >= 0.3 is 0 Å². The Kier molecular flexibility index (Phi) is 3.24. The molecule has 1 heterocycles. The molecule has 0 fully saturated rings. The van der Waals surface area contributed by atoms with Crippen molar-refractivity contribution in [2.45, 2.75) is 33.1 Å². The van der Waals surface area contributed by atoms with Crippen LogP contribution in [0.15, 0.2) is 24.3 Å². The van der Waals surface area contributed by atoms with Gasteiger partial charge in [0, 0.05) is 17.5 Å². The van der Waals surface area contributed by atoms with Crippen molar-refractivity contribution in [1.82, 2.24) is 4.98 Å². The van der Waals surface area contributed by atoms with Crippen LogP contribution in [0.3, 0.4) is 0 Å². The molecule has 1 N–H and O–H groups in total. The number of hydrogen-bond acceptors (Lipinski definition) is 2. The molecule has 0 aliphatic rings. The van der Waals surface area contributed by atoms with Crippen molar-refractivity contribution in [3.05, 3.63) is 35.6 Å². The molecular formula is C15H19FN2. The van der Waals surface area contributed by atoms with E-state index in [1.54, 1.807) is 6.07 Å². The van der Waals surface area contributed by atoms with Crippen LogP contribution in [0.25, 0.3) is 10.9 Å². The third-order valence-electron chi connectivity index (χ3n) is 2.95. The Morgan fingerprint density at radius 2 is 2.00 bits per heavy atom. The standard InChI is InChI=1S/C15H19FN2/c1-5-17-14-11(15(2,3)4)9-10-7-6-8-12(16)13(10)18-14/h6-9H,5H2,1-4H3,(H,17,18). The molecule has 2 aromatic rings. The monoisotopic (exact) mass is 246 g/mol. The second kappa shape index (κ2) is 4.56. The van der Waals surface area contributed by atoms with Crippen molar-refractivity contribution in [2.24, 2.45) is 0 Å². The predicted molar refractivity (Wildman–Crippen MR) is 74.6 cm³/mol. The van der Waals surface area contributed by atoms with Crippen molar-refractivity contribution in [3.63, 3.8) is 0 Å². The van der Waals surface area contributed by atoms with Crippen LogP contribution in [-0.4, -0.2) is 11.5 Å². The van der Waals surface area contributed by atoms with Gasteiger partial charge in [-0.25, -0.2) is 9.37 Å². The van der Waals surface area contributed by atoms with Crippen molar-refractivity contribution in [3.8, 4) is 0 Å². The molecule has 0 atom stereocenters. The van der Waals surface area contributed by atoms with Crippen molar-refractivity contribution in [1.29, 1.82) is 0 Å². The largest absolute Gasteiger partial charge is 0.370 e. The number of rotatable bonds is 2. The highest BCUT2D eigenvalue weighted by Crippen LogP contribution is 2.31. The summed E-state index contributed by atoms with van der Waals surface area (Å²) in [5.41, 5.74) is 1.52. The molecule has 1 aromatic carbocycles. The van der Waals surface area contributed by atoms with E-state index in [4.69, 9.17) is 0 Å². The smallest absolute Gasteiger partial charge is 0.149 e. The molecule has 1 aromatic heterocycles. The van der Waals surface area contributed by atoms with Gasteiger partial charge in [-0.2, -0.15) is 0 Å². The minimum absolute atomic E-state index is 0.0228. The summed E-state index contributed by atoms with van der Waals surface area (Å²) in [5.74, 6) is 0.509. The van der Waals surface area contributed by atoms with Gasteiger partial charge in [0.25, 0.3) is 0 Å².